The van der Waals surface area contributed by atoms with E-state index >= 15 is 0 Å². The van der Waals surface area contributed by atoms with Gasteiger partial charge in [-0.15, -0.1) is 0 Å². The van der Waals surface area contributed by atoms with E-state index in [1.54, 1.807) is 4.90 Å². The summed E-state index contributed by atoms with van der Waals surface area (Å²) in [5, 5.41) is 4.83. The number of hydrogen-bond acceptors (Lipinski definition) is 4. The van der Waals surface area contributed by atoms with Crippen molar-refractivity contribution in [1.82, 2.24) is 15.5 Å². The number of likely N-dealkylation sites (tertiary alicyclic amines) is 1. The summed E-state index contributed by atoms with van der Waals surface area (Å²) in [5.74, 6) is -0.495. The molecule has 4 N–H and O–H groups in total. The molecule has 2 fully saturated rings. The van der Waals surface area contributed by atoms with Gasteiger partial charge in [-0.25, -0.2) is 4.79 Å². The molecule has 0 aromatic carbocycles. The fourth-order valence-corrected chi connectivity index (χ4v) is 2.50. The lowest BCUT2D eigenvalue weighted by molar-refractivity contribution is -0.134. The van der Waals surface area contributed by atoms with Gasteiger partial charge >= 0.3 is 6.03 Å². The van der Waals surface area contributed by atoms with E-state index in [2.05, 4.69) is 10.6 Å². The van der Waals surface area contributed by atoms with E-state index in [1.165, 1.54) is 0 Å². The minimum absolute atomic E-state index is 0.00808. The number of nitrogens with two attached hydrogens (primary N) is 1. The van der Waals surface area contributed by atoms with Crippen molar-refractivity contribution in [2.24, 2.45) is 11.7 Å². The largest absolute Gasteiger partial charge is 0.339 e. The molecular formula is C11H18N4O3. The van der Waals surface area contributed by atoms with Crippen LogP contribution in [0.15, 0.2) is 0 Å². The zero-order valence-electron chi connectivity index (χ0n) is 10.4. The van der Waals surface area contributed by atoms with Crippen LogP contribution < -0.4 is 16.4 Å². The molecule has 100 valence electrons. The Hall–Kier alpha value is -1.63. The number of rotatable bonds is 3. The van der Waals surface area contributed by atoms with Crippen molar-refractivity contribution in [3.63, 3.8) is 0 Å². The third-order valence-electron chi connectivity index (χ3n) is 3.62. The smallest absolute Gasteiger partial charge is 0.322 e. The van der Waals surface area contributed by atoms with E-state index in [9.17, 15) is 14.4 Å². The molecule has 2 heterocycles. The third-order valence-corrected chi connectivity index (χ3v) is 3.62. The van der Waals surface area contributed by atoms with E-state index in [-0.39, 0.29) is 24.3 Å². The number of carbonyl (C=O) groups excluding carboxylic acids is 3. The molecule has 2 rings (SSSR count). The number of urea groups is 1. The Morgan fingerprint density at radius 3 is 2.83 bits per heavy atom. The summed E-state index contributed by atoms with van der Waals surface area (Å²) in [5.41, 5.74) is 4.51. The van der Waals surface area contributed by atoms with E-state index in [0.717, 1.165) is 0 Å². The first-order valence-electron chi connectivity index (χ1n) is 6.11. The Labute approximate surface area is 105 Å². The number of amides is 4. The van der Waals surface area contributed by atoms with Crippen molar-refractivity contribution in [1.29, 1.82) is 0 Å². The van der Waals surface area contributed by atoms with Gasteiger partial charge in [0.2, 0.25) is 5.91 Å². The number of hydrogen-bond donors (Lipinski definition) is 3. The van der Waals surface area contributed by atoms with Crippen molar-refractivity contribution in [3.8, 4) is 0 Å². The van der Waals surface area contributed by atoms with Crippen LogP contribution in [-0.4, -0.2) is 47.9 Å². The molecule has 0 radical (unpaired) electrons. The van der Waals surface area contributed by atoms with Crippen LogP contribution in [0.3, 0.4) is 0 Å². The number of nitrogens with zero attached hydrogens (tertiary/aromatic N) is 1. The molecule has 4 amide bonds. The lowest BCUT2D eigenvalue weighted by atomic mass is 9.99. The van der Waals surface area contributed by atoms with Gasteiger partial charge in [0.05, 0.1) is 6.54 Å². The molecule has 2 unspecified atom stereocenters. The average Bonchev–Trinajstić information content (AvgIpc) is 2.84. The van der Waals surface area contributed by atoms with Crippen LogP contribution in [0.2, 0.25) is 0 Å². The summed E-state index contributed by atoms with van der Waals surface area (Å²) in [4.78, 5) is 36.6. The van der Waals surface area contributed by atoms with Crippen molar-refractivity contribution in [3.05, 3.63) is 0 Å². The van der Waals surface area contributed by atoms with Gasteiger partial charge in [0.25, 0.3) is 5.91 Å². The lowest BCUT2D eigenvalue weighted by Crippen LogP contribution is -2.50. The highest BCUT2D eigenvalue weighted by Crippen LogP contribution is 2.26. The fourth-order valence-electron chi connectivity index (χ4n) is 2.50. The van der Waals surface area contributed by atoms with Gasteiger partial charge in [-0.3, -0.25) is 14.9 Å². The van der Waals surface area contributed by atoms with Gasteiger partial charge < -0.3 is 16.0 Å². The minimum Gasteiger partial charge on any atom is -0.339 e. The van der Waals surface area contributed by atoms with Gasteiger partial charge in [-0.1, -0.05) is 6.92 Å². The summed E-state index contributed by atoms with van der Waals surface area (Å²) in [6.45, 7) is 3.02. The van der Waals surface area contributed by atoms with E-state index in [0.29, 0.717) is 25.9 Å². The molecular weight excluding hydrogens is 236 g/mol. The molecule has 0 saturated carbocycles. The minimum atomic E-state index is -0.921. The van der Waals surface area contributed by atoms with Crippen molar-refractivity contribution >= 4 is 17.8 Å². The Bertz CT molecular complexity index is 398. The quantitative estimate of drug-likeness (QED) is 0.549. The summed E-state index contributed by atoms with van der Waals surface area (Å²) < 4.78 is 0. The molecule has 1 spiro atoms. The van der Waals surface area contributed by atoms with E-state index in [1.807, 2.05) is 6.92 Å². The second-order valence-electron chi connectivity index (χ2n) is 4.98. The Kier molecular flexibility index (Phi) is 3.25. The van der Waals surface area contributed by atoms with Crippen LogP contribution in [0, 0.1) is 5.92 Å². The van der Waals surface area contributed by atoms with Crippen molar-refractivity contribution in [2.75, 3.05) is 19.6 Å². The van der Waals surface area contributed by atoms with E-state index in [4.69, 9.17) is 5.73 Å². The molecule has 0 aliphatic carbocycles. The highest BCUT2D eigenvalue weighted by Gasteiger charge is 2.51. The van der Waals surface area contributed by atoms with Crippen LogP contribution in [-0.2, 0) is 9.59 Å². The molecule has 0 aromatic rings. The number of carbonyl (C=O) groups is 3. The molecule has 7 nitrogen and oxygen atoms in total. The maximum atomic E-state index is 12.1. The van der Waals surface area contributed by atoms with Gasteiger partial charge in [0.15, 0.2) is 0 Å². The highest BCUT2D eigenvalue weighted by atomic mass is 16.2. The standard InChI is InChI=1S/C11H18N4O3/c1-7(2-4-12)8(16)15-5-3-11(6-15)9(17)13-10(18)14-11/h7H,2-6,12H2,1H3,(H2,13,14,17,18). The van der Waals surface area contributed by atoms with Gasteiger partial charge in [-0.2, -0.15) is 0 Å². The molecule has 2 aliphatic heterocycles. The second kappa shape index (κ2) is 4.56. The van der Waals surface area contributed by atoms with Gasteiger partial charge in [0.1, 0.15) is 5.54 Å². The fraction of sp³-hybridized carbons (Fsp3) is 0.727. The first-order valence-corrected chi connectivity index (χ1v) is 6.11. The first-order chi connectivity index (χ1) is 8.48. The third kappa shape index (κ3) is 2.05. The predicted molar refractivity (Wildman–Crippen MR) is 63.4 cm³/mol. The van der Waals surface area contributed by atoms with Gasteiger partial charge in [0, 0.05) is 12.5 Å². The first kappa shape index (κ1) is 12.8. The molecule has 2 saturated heterocycles. The topological polar surface area (TPSA) is 105 Å². The van der Waals surface area contributed by atoms with Crippen LogP contribution in [0.5, 0.6) is 0 Å². The molecule has 2 atom stereocenters. The average molecular weight is 254 g/mol. The second-order valence-corrected chi connectivity index (χ2v) is 4.98. The van der Waals surface area contributed by atoms with Crippen molar-refractivity contribution < 1.29 is 14.4 Å². The normalized spacial score (nSPS) is 28.4. The van der Waals surface area contributed by atoms with Crippen LogP contribution >= 0.6 is 0 Å². The highest BCUT2D eigenvalue weighted by molar-refractivity contribution is 6.07. The monoisotopic (exact) mass is 254 g/mol. The van der Waals surface area contributed by atoms with Crippen LogP contribution in [0.1, 0.15) is 19.8 Å². The van der Waals surface area contributed by atoms with Crippen molar-refractivity contribution in [2.45, 2.75) is 25.3 Å². The summed E-state index contributed by atoms with van der Waals surface area (Å²) >= 11 is 0. The summed E-state index contributed by atoms with van der Waals surface area (Å²) in [7, 11) is 0. The molecule has 0 bridgehead atoms. The van der Waals surface area contributed by atoms with E-state index < -0.39 is 11.6 Å². The van der Waals surface area contributed by atoms with Crippen LogP contribution in [0.25, 0.3) is 0 Å². The molecule has 2 aliphatic rings. The number of imide groups is 1. The maximum absolute atomic E-state index is 12.1. The zero-order chi connectivity index (χ0) is 13.3. The number of nitrogens with one attached hydrogen (secondary N) is 2. The summed E-state index contributed by atoms with van der Waals surface area (Å²) in [6, 6.07) is -0.482. The Morgan fingerprint density at radius 2 is 2.28 bits per heavy atom. The lowest BCUT2D eigenvalue weighted by Gasteiger charge is -2.23. The predicted octanol–water partition coefficient (Wildman–Crippen LogP) is -1.22. The zero-order valence-corrected chi connectivity index (χ0v) is 10.4. The molecule has 0 aromatic heterocycles. The Balaban J connectivity index is 2.02. The molecule has 18 heavy (non-hydrogen) atoms. The SMILES string of the molecule is CC(CCN)C(=O)N1CCC2(C1)NC(=O)NC2=O. The van der Waals surface area contributed by atoms with Crippen LogP contribution in [0.4, 0.5) is 4.79 Å². The maximum Gasteiger partial charge on any atom is 0.322 e. The summed E-state index contributed by atoms with van der Waals surface area (Å²) in [6.07, 6.45) is 1.09. The molecule has 7 heteroatoms. The van der Waals surface area contributed by atoms with Gasteiger partial charge in [-0.05, 0) is 19.4 Å². The Morgan fingerprint density at radius 1 is 1.56 bits per heavy atom.